The van der Waals surface area contributed by atoms with Crippen molar-refractivity contribution < 1.29 is 4.74 Å². The summed E-state index contributed by atoms with van der Waals surface area (Å²) in [7, 11) is 0. The lowest BCUT2D eigenvalue weighted by molar-refractivity contribution is 0.327. The third kappa shape index (κ3) is 3.28. The van der Waals surface area contributed by atoms with E-state index in [0.717, 1.165) is 27.7 Å². The van der Waals surface area contributed by atoms with Crippen molar-refractivity contribution in [1.82, 2.24) is 5.32 Å². The Labute approximate surface area is 126 Å². The fourth-order valence-electron chi connectivity index (χ4n) is 2.58. The van der Waals surface area contributed by atoms with E-state index in [1.165, 1.54) is 18.4 Å². The molecule has 0 aromatic heterocycles. The first-order chi connectivity index (χ1) is 8.54. The van der Waals surface area contributed by atoms with Gasteiger partial charge in [0.25, 0.3) is 0 Å². The summed E-state index contributed by atoms with van der Waals surface area (Å²) >= 11 is 7.15. The molecule has 1 aliphatic rings. The summed E-state index contributed by atoms with van der Waals surface area (Å²) in [5.41, 5.74) is 1.46. The van der Waals surface area contributed by atoms with E-state index in [0.29, 0.717) is 6.61 Å². The zero-order valence-electron chi connectivity index (χ0n) is 10.9. The Kier molecular flexibility index (Phi) is 4.73. The third-order valence-electron chi connectivity index (χ3n) is 3.41. The van der Waals surface area contributed by atoms with Crippen LogP contribution in [-0.2, 0) is 6.42 Å². The molecule has 0 aliphatic carbocycles. The highest BCUT2D eigenvalue weighted by molar-refractivity contribution is 9.11. The maximum atomic E-state index is 5.78. The Morgan fingerprint density at radius 1 is 1.39 bits per heavy atom. The van der Waals surface area contributed by atoms with Crippen LogP contribution in [0.5, 0.6) is 5.75 Å². The summed E-state index contributed by atoms with van der Waals surface area (Å²) in [5, 5.41) is 3.60. The quantitative estimate of drug-likeness (QED) is 0.845. The van der Waals surface area contributed by atoms with Gasteiger partial charge in [0.05, 0.1) is 11.1 Å². The molecule has 0 spiro atoms. The topological polar surface area (TPSA) is 21.3 Å². The van der Waals surface area contributed by atoms with Gasteiger partial charge in [0.1, 0.15) is 5.75 Å². The molecule has 0 saturated carbocycles. The molecule has 18 heavy (non-hydrogen) atoms. The van der Waals surface area contributed by atoms with Gasteiger partial charge >= 0.3 is 0 Å². The van der Waals surface area contributed by atoms with Crippen LogP contribution in [0.15, 0.2) is 21.1 Å². The predicted molar refractivity (Wildman–Crippen MR) is 82.4 cm³/mol. The zero-order valence-corrected chi connectivity index (χ0v) is 14.0. The Bertz CT molecular complexity index is 428. The minimum Gasteiger partial charge on any atom is -0.492 e. The van der Waals surface area contributed by atoms with Gasteiger partial charge in [-0.15, -0.1) is 0 Å². The second-order valence-electron chi connectivity index (χ2n) is 5.08. The fraction of sp³-hybridized carbons (Fsp3) is 0.571. The molecule has 4 heteroatoms. The molecule has 2 rings (SSSR count). The van der Waals surface area contributed by atoms with Gasteiger partial charge in [-0.1, -0.05) is 15.9 Å². The van der Waals surface area contributed by atoms with Gasteiger partial charge in [-0.05, 0) is 73.3 Å². The van der Waals surface area contributed by atoms with E-state index in [1.807, 2.05) is 13.0 Å². The molecule has 1 fully saturated rings. The molecule has 0 radical (unpaired) electrons. The molecule has 1 aromatic rings. The highest BCUT2D eigenvalue weighted by Gasteiger charge is 2.29. The number of hydrogen-bond acceptors (Lipinski definition) is 2. The number of halogens is 2. The van der Waals surface area contributed by atoms with Crippen LogP contribution >= 0.6 is 31.9 Å². The lowest BCUT2D eigenvalue weighted by atomic mass is 9.91. The average molecular weight is 377 g/mol. The molecule has 0 amide bonds. The summed E-state index contributed by atoms with van der Waals surface area (Å²) in [4.78, 5) is 0. The summed E-state index contributed by atoms with van der Waals surface area (Å²) in [6.45, 7) is 6.13. The maximum Gasteiger partial charge on any atom is 0.136 e. The van der Waals surface area contributed by atoms with Gasteiger partial charge in [0, 0.05) is 10.0 Å². The van der Waals surface area contributed by atoms with Gasteiger partial charge in [-0.25, -0.2) is 0 Å². The molecule has 1 heterocycles. The highest BCUT2D eigenvalue weighted by Crippen LogP contribution is 2.36. The second-order valence-corrected chi connectivity index (χ2v) is 6.85. The Hall–Kier alpha value is -0.0600. The van der Waals surface area contributed by atoms with E-state index >= 15 is 0 Å². The molecular weight excluding hydrogens is 358 g/mol. The van der Waals surface area contributed by atoms with E-state index in [9.17, 15) is 0 Å². The molecule has 1 N–H and O–H groups in total. The first-order valence-electron chi connectivity index (χ1n) is 6.40. The van der Waals surface area contributed by atoms with Crippen molar-refractivity contribution in [3.63, 3.8) is 0 Å². The number of benzene rings is 1. The van der Waals surface area contributed by atoms with Gasteiger partial charge in [-0.3, -0.25) is 0 Å². The largest absolute Gasteiger partial charge is 0.492 e. The van der Waals surface area contributed by atoms with Crippen molar-refractivity contribution in [3.8, 4) is 5.75 Å². The van der Waals surface area contributed by atoms with Crippen LogP contribution in [0.2, 0.25) is 0 Å². The molecule has 1 saturated heterocycles. The lowest BCUT2D eigenvalue weighted by Gasteiger charge is -2.26. The number of hydrogen-bond donors (Lipinski definition) is 1. The Balaban J connectivity index is 2.30. The Morgan fingerprint density at radius 2 is 2.17 bits per heavy atom. The smallest absolute Gasteiger partial charge is 0.136 e. The van der Waals surface area contributed by atoms with Crippen molar-refractivity contribution >= 4 is 31.9 Å². The maximum absolute atomic E-state index is 5.78. The zero-order chi connectivity index (χ0) is 13.2. The van der Waals surface area contributed by atoms with Crippen LogP contribution < -0.4 is 10.1 Å². The van der Waals surface area contributed by atoms with Gasteiger partial charge in [-0.2, -0.15) is 0 Å². The van der Waals surface area contributed by atoms with E-state index < -0.39 is 0 Å². The molecule has 2 nitrogen and oxygen atoms in total. The monoisotopic (exact) mass is 375 g/mol. The standard InChI is InChI=1S/C14H19Br2NO/c1-3-18-13-10(7-11(15)8-12(13)16)9-14(2)5-4-6-17-14/h7-8,17H,3-6,9H2,1-2H3. The van der Waals surface area contributed by atoms with Crippen LogP contribution in [0.3, 0.4) is 0 Å². The van der Waals surface area contributed by atoms with Gasteiger partial charge < -0.3 is 10.1 Å². The molecule has 1 aliphatic heterocycles. The first-order valence-corrected chi connectivity index (χ1v) is 7.98. The van der Waals surface area contributed by atoms with Crippen molar-refractivity contribution in [2.45, 2.75) is 38.6 Å². The van der Waals surface area contributed by atoms with Crippen LogP contribution in [-0.4, -0.2) is 18.7 Å². The second kappa shape index (κ2) is 5.93. The van der Waals surface area contributed by atoms with Gasteiger partial charge in [0.15, 0.2) is 0 Å². The van der Waals surface area contributed by atoms with Crippen molar-refractivity contribution in [2.24, 2.45) is 0 Å². The summed E-state index contributed by atoms with van der Waals surface area (Å²) in [6, 6.07) is 4.21. The molecule has 1 atom stereocenters. The molecular formula is C14H19Br2NO. The molecule has 100 valence electrons. The van der Waals surface area contributed by atoms with Crippen molar-refractivity contribution in [3.05, 3.63) is 26.6 Å². The normalized spacial score (nSPS) is 23.3. The third-order valence-corrected chi connectivity index (χ3v) is 4.46. The number of nitrogens with one attached hydrogen (secondary N) is 1. The lowest BCUT2D eigenvalue weighted by Crippen LogP contribution is -2.38. The molecule has 1 unspecified atom stereocenters. The molecule has 1 aromatic carbocycles. The van der Waals surface area contributed by atoms with Crippen LogP contribution in [0.4, 0.5) is 0 Å². The SMILES string of the molecule is CCOc1c(Br)cc(Br)cc1CC1(C)CCCN1. The van der Waals surface area contributed by atoms with Crippen LogP contribution in [0, 0.1) is 0 Å². The number of rotatable bonds is 4. The predicted octanol–water partition coefficient (Wildman–Crippen LogP) is 4.29. The van der Waals surface area contributed by atoms with Gasteiger partial charge in [0.2, 0.25) is 0 Å². The van der Waals surface area contributed by atoms with E-state index in [-0.39, 0.29) is 5.54 Å². The Morgan fingerprint density at radius 3 is 2.78 bits per heavy atom. The summed E-state index contributed by atoms with van der Waals surface area (Å²) in [5.74, 6) is 0.982. The highest BCUT2D eigenvalue weighted by atomic mass is 79.9. The van der Waals surface area contributed by atoms with E-state index in [1.54, 1.807) is 0 Å². The van der Waals surface area contributed by atoms with Crippen molar-refractivity contribution in [2.75, 3.05) is 13.2 Å². The average Bonchev–Trinajstić information content (AvgIpc) is 2.70. The van der Waals surface area contributed by atoms with Crippen LogP contribution in [0.25, 0.3) is 0 Å². The minimum atomic E-state index is 0.200. The van der Waals surface area contributed by atoms with E-state index in [2.05, 4.69) is 50.2 Å². The minimum absolute atomic E-state index is 0.200. The van der Waals surface area contributed by atoms with E-state index in [4.69, 9.17) is 4.74 Å². The fourth-order valence-corrected chi connectivity index (χ4v) is 4.01. The first kappa shape index (κ1) is 14.4. The number of ether oxygens (including phenoxy) is 1. The summed E-state index contributed by atoms with van der Waals surface area (Å²) in [6.07, 6.45) is 3.48. The summed E-state index contributed by atoms with van der Waals surface area (Å²) < 4.78 is 7.90. The van der Waals surface area contributed by atoms with Crippen LogP contribution in [0.1, 0.15) is 32.3 Å². The van der Waals surface area contributed by atoms with Crippen molar-refractivity contribution in [1.29, 1.82) is 0 Å². The molecule has 0 bridgehead atoms.